The monoisotopic (exact) mass is 315 g/mol. The van der Waals surface area contributed by atoms with Gasteiger partial charge < -0.3 is 15.2 Å². The Balaban J connectivity index is 2.74. The van der Waals surface area contributed by atoms with Crippen LogP contribution >= 0.6 is 0 Å². The molecule has 0 heterocycles. The van der Waals surface area contributed by atoms with E-state index in [2.05, 4.69) is 0 Å². The summed E-state index contributed by atoms with van der Waals surface area (Å²) < 4.78 is 33.0. The Hall–Kier alpha value is -1.76. The van der Waals surface area contributed by atoms with Gasteiger partial charge in [0.05, 0.1) is 17.6 Å². The number of benzene rings is 1. The van der Waals surface area contributed by atoms with Crippen molar-refractivity contribution in [3.05, 3.63) is 23.8 Å². The zero-order chi connectivity index (χ0) is 16.3. The molecule has 21 heavy (non-hydrogen) atoms. The highest BCUT2D eigenvalue weighted by Crippen LogP contribution is 2.22. The average molecular weight is 315 g/mol. The van der Waals surface area contributed by atoms with Crippen molar-refractivity contribution in [3.63, 3.8) is 0 Å². The number of carbonyl (C=O) groups excluding carboxylic acids is 1. The fourth-order valence-corrected chi connectivity index (χ4v) is 2.43. The smallest absolute Gasteiger partial charge is 0.342 e. The van der Waals surface area contributed by atoms with E-state index in [0.717, 1.165) is 0 Å². The molecule has 1 aromatic carbocycles. The van der Waals surface area contributed by atoms with Crippen LogP contribution in [0.5, 0.6) is 5.75 Å². The lowest BCUT2D eigenvalue weighted by Crippen LogP contribution is -2.32. The first-order valence-electron chi connectivity index (χ1n) is 6.41. The molecule has 1 aromatic rings. The second kappa shape index (κ2) is 6.34. The molecular weight excluding hydrogens is 294 g/mol. The number of nitrogen functional groups attached to an aromatic ring is 1. The minimum absolute atomic E-state index is 0.172. The maximum Gasteiger partial charge on any atom is 0.342 e. The van der Waals surface area contributed by atoms with Crippen molar-refractivity contribution in [2.45, 2.75) is 25.5 Å². The molecule has 118 valence electrons. The fourth-order valence-electron chi connectivity index (χ4n) is 1.51. The Morgan fingerprint density at radius 1 is 1.29 bits per heavy atom. The largest absolute Gasteiger partial charge is 0.496 e. The number of hydrogen-bond donors (Lipinski definition) is 1. The van der Waals surface area contributed by atoms with Crippen LogP contribution in [-0.4, -0.2) is 38.6 Å². The third-order valence-corrected chi connectivity index (χ3v) is 5.53. The Morgan fingerprint density at radius 3 is 2.43 bits per heavy atom. The summed E-state index contributed by atoms with van der Waals surface area (Å²) in [6.07, 6.45) is 0. The van der Waals surface area contributed by atoms with Gasteiger partial charge >= 0.3 is 5.97 Å². The van der Waals surface area contributed by atoms with Crippen LogP contribution in [0.15, 0.2) is 18.2 Å². The topological polar surface area (TPSA) is 95.7 Å². The number of rotatable bonds is 5. The van der Waals surface area contributed by atoms with Crippen molar-refractivity contribution in [2.24, 2.45) is 0 Å². The van der Waals surface area contributed by atoms with E-state index < -0.39 is 20.6 Å². The molecule has 0 amide bonds. The standard InChI is InChI=1S/C14H21NO5S/c1-14(2,3)21(17,18)8-7-20-13(16)11-9-10(15)5-6-12(11)19-4/h5-6,9H,7-8,15H2,1-4H3. The van der Waals surface area contributed by atoms with E-state index in [1.807, 2.05) is 0 Å². The molecule has 0 unspecified atom stereocenters. The molecule has 0 spiro atoms. The van der Waals surface area contributed by atoms with Crippen molar-refractivity contribution in [1.29, 1.82) is 0 Å². The lowest BCUT2D eigenvalue weighted by Gasteiger charge is -2.19. The first-order valence-corrected chi connectivity index (χ1v) is 8.06. The van der Waals surface area contributed by atoms with Crippen molar-refractivity contribution < 1.29 is 22.7 Å². The first kappa shape index (κ1) is 17.3. The van der Waals surface area contributed by atoms with Crippen molar-refractivity contribution in [1.82, 2.24) is 0 Å². The average Bonchev–Trinajstić information content (AvgIpc) is 2.37. The SMILES string of the molecule is COc1ccc(N)cc1C(=O)OCCS(=O)(=O)C(C)(C)C. The summed E-state index contributed by atoms with van der Waals surface area (Å²) in [6, 6.07) is 4.58. The van der Waals surface area contributed by atoms with Gasteiger partial charge in [0.15, 0.2) is 9.84 Å². The molecule has 0 aliphatic heterocycles. The highest BCUT2D eigenvalue weighted by atomic mass is 32.2. The molecule has 0 bridgehead atoms. The molecule has 2 N–H and O–H groups in total. The summed E-state index contributed by atoms with van der Waals surface area (Å²) in [5.74, 6) is -0.566. The minimum Gasteiger partial charge on any atom is -0.496 e. The molecule has 0 aliphatic rings. The lowest BCUT2D eigenvalue weighted by molar-refractivity contribution is 0.0525. The maximum atomic E-state index is 12.0. The summed E-state index contributed by atoms with van der Waals surface area (Å²) >= 11 is 0. The minimum atomic E-state index is -3.33. The van der Waals surface area contributed by atoms with E-state index in [4.69, 9.17) is 15.2 Å². The number of carbonyl (C=O) groups is 1. The van der Waals surface area contributed by atoms with Crippen LogP contribution in [0, 0.1) is 0 Å². The van der Waals surface area contributed by atoms with Gasteiger partial charge in [0.2, 0.25) is 0 Å². The van der Waals surface area contributed by atoms with Crippen LogP contribution < -0.4 is 10.5 Å². The fraction of sp³-hybridized carbons (Fsp3) is 0.500. The maximum absolute atomic E-state index is 12.0. The van der Waals surface area contributed by atoms with Crippen molar-refractivity contribution >= 4 is 21.5 Å². The third-order valence-electron chi connectivity index (χ3n) is 2.96. The van der Waals surface area contributed by atoms with Gasteiger partial charge in [-0.1, -0.05) is 0 Å². The molecule has 1 rings (SSSR count). The van der Waals surface area contributed by atoms with Crippen LogP contribution in [0.4, 0.5) is 5.69 Å². The molecule has 0 saturated heterocycles. The highest BCUT2D eigenvalue weighted by Gasteiger charge is 2.29. The molecule has 0 aliphatic carbocycles. The number of anilines is 1. The van der Waals surface area contributed by atoms with Gasteiger partial charge in [-0.2, -0.15) is 0 Å². The van der Waals surface area contributed by atoms with E-state index in [-0.39, 0.29) is 17.9 Å². The lowest BCUT2D eigenvalue weighted by atomic mass is 10.2. The number of nitrogens with two attached hydrogens (primary N) is 1. The van der Waals surface area contributed by atoms with E-state index in [1.165, 1.54) is 13.2 Å². The van der Waals surface area contributed by atoms with Crippen LogP contribution in [0.1, 0.15) is 31.1 Å². The Kier molecular flexibility index (Phi) is 5.22. The second-order valence-corrected chi connectivity index (χ2v) is 8.39. The number of methoxy groups -OCH3 is 1. The molecule has 7 heteroatoms. The van der Waals surface area contributed by atoms with Crippen molar-refractivity contribution in [3.8, 4) is 5.75 Å². The number of esters is 1. The van der Waals surface area contributed by atoms with Crippen LogP contribution in [0.3, 0.4) is 0 Å². The zero-order valence-corrected chi connectivity index (χ0v) is 13.5. The first-order chi connectivity index (χ1) is 9.58. The van der Waals surface area contributed by atoms with Gasteiger partial charge in [-0.25, -0.2) is 13.2 Å². The summed E-state index contributed by atoms with van der Waals surface area (Å²) in [5.41, 5.74) is 6.18. The number of hydrogen-bond acceptors (Lipinski definition) is 6. The quantitative estimate of drug-likeness (QED) is 0.655. The predicted molar refractivity (Wildman–Crippen MR) is 81.2 cm³/mol. The molecule has 0 aromatic heterocycles. The zero-order valence-electron chi connectivity index (χ0n) is 12.7. The Labute approximate surface area is 125 Å². The molecule has 0 saturated carbocycles. The number of ether oxygens (including phenoxy) is 2. The van der Waals surface area contributed by atoms with Crippen LogP contribution in [0.2, 0.25) is 0 Å². The predicted octanol–water partition coefficient (Wildman–Crippen LogP) is 1.65. The summed E-state index contributed by atoms with van der Waals surface area (Å²) in [6.45, 7) is 4.59. The summed E-state index contributed by atoms with van der Waals surface area (Å²) in [4.78, 5) is 12.0. The molecule has 6 nitrogen and oxygen atoms in total. The van der Waals surface area contributed by atoms with Gasteiger partial charge in [0, 0.05) is 5.69 Å². The van der Waals surface area contributed by atoms with Gasteiger partial charge in [-0.05, 0) is 39.0 Å². The Morgan fingerprint density at radius 2 is 1.90 bits per heavy atom. The summed E-state index contributed by atoms with van der Waals surface area (Å²) in [5, 5.41) is 0. The van der Waals surface area contributed by atoms with E-state index in [9.17, 15) is 13.2 Å². The van der Waals surface area contributed by atoms with Gasteiger partial charge in [0.25, 0.3) is 0 Å². The molecule has 0 atom stereocenters. The Bertz CT molecular complexity index is 617. The van der Waals surface area contributed by atoms with E-state index >= 15 is 0 Å². The highest BCUT2D eigenvalue weighted by molar-refractivity contribution is 7.92. The normalized spacial score (nSPS) is 12.0. The third kappa shape index (κ3) is 4.35. The summed E-state index contributed by atoms with van der Waals surface area (Å²) in [7, 11) is -1.91. The molecule has 0 fully saturated rings. The molecular formula is C14H21NO5S. The second-order valence-electron chi connectivity index (χ2n) is 5.53. The van der Waals surface area contributed by atoms with Gasteiger partial charge in [0.1, 0.15) is 17.9 Å². The molecule has 0 radical (unpaired) electrons. The van der Waals surface area contributed by atoms with Crippen LogP contribution in [0.25, 0.3) is 0 Å². The van der Waals surface area contributed by atoms with Gasteiger partial charge in [-0.15, -0.1) is 0 Å². The van der Waals surface area contributed by atoms with Gasteiger partial charge in [-0.3, -0.25) is 0 Å². The van der Waals surface area contributed by atoms with Crippen LogP contribution in [-0.2, 0) is 14.6 Å². The van der Waals surface area contributed by atoms with Crippen molar-refractivity contribution in [2.75, 3.05) is 25.2 Å². The number of sulfone groups is 1. The van der Waals surface area contributed by atoms with E-state index in [0.29, 0.717) is 11.4 Å². The van der Waals surface area contributed by atoms with E-state index in [1.54, 1.807) is 32.9 Å².